The van der Waals surface area contributed by atoms with Crippen molar-refractivity contribution in [1.29, 1.82) is 0 Å². The Morgan fingerprint density at radius 1 is 1.00 bits per heavy atom. The molecule has 0 bridgehead atoms. The van der Waals surface area contributed by atoms with Gasteiger partial charge in [-0.15, -0.1) is 24.4 Å². The van der Waals surface area contributed by atoms with E-state index in [4.69, 9.17) is 0 Å². The Kier molecular flexibility index (Phi) is 8.39. The number of thioether (sulfide) groups is 1. The van der Waals surface area contributed by atoms with Crippen molar-refractivity contribution in [3.8, 4) is 0 Å². The molecule has 38 heavy (non-hydrogen) atoms. The Balaban J connectivity index is 1.63. The molecule has 204 valence electrons. The van der Waals surface area contributed by atoms with Crippen molar-refractivity contribution in [2.75, 3.05) is 30.3 Å². The van der Waals surface area contributed by atoms with Gasteiger partial charge in [-0.3, -0.25) is 0 Å². The summed E-state index contributed by atoms with van der Waals surface area (Å²) in [6.07, 6.45) is -4.85. The third-order valence-electron chi connectivity index (χ3n) is 6.51. The minimum atomic E-state index is -4.85. The van der Waals surface area contributed by atoms with E-state index < -0.39 is 33.7 Å². The first kappa shape index (κ1) is 28.8. The monoisotopic (exact) mass is 586 g/mol. The van der Waals surface area contributed by atoms with Gasteiger partial charge in [-0.05, 0) is 48.9 Å². The van der Waals surface area contributed by atoms with E-state index in [0.717, 1.165) is 0 Å². The molecule has 12 heteroatoms. The summed E-state index contributed by atoms with van der Waals surface area (Å²) in [7, 11) is -3.88. The van der Waals surface area contributed by atoms with E-state index in [1.807, 2.05) is 4.90 Å². The second kappa shape index (κ2) is 11.1. The number of hydrogen-bond acceptors (Lipinski definition) is 6. The van der Waals surface area contributed by atoms with Crippen LogP contribution in [0.15, 0.2) is 87.5 Å². The first-order valence-corrected chi connectivity index (χ1v) is 14.5. The van der Waals surface area contributed by atoms with Gasteiger partial charge in [0.15, 0.2) is 5.60 Å². The molecule has 0 amide bonds. The number of alkyl halides is 3. The molecule has 1 N–H and O–H groups in total. The molecule has 0 aliphatic carbocycles. The molecule has 5 nitrogen and oxygen atoms in total. The van der Waals surface area contributed by atoms with E-state index in [1.165, 1.54) is 52.5 Å². The van der Waals surface area contributed by atoms with E-state index in [-0.39, 0.29) is 30.1 Å². The molecule has 1 saturated heterocycles. The summed E-state index contributed by atoms with van der Waals surface area (Å²) in [5, 5.41) is 10.0. The van der Waals surface area contributed by atoms with Crippen molar-refractivity contribution in [2.45, 2.75) is 39.4 Å². The second-order valence-electron chi connectivity index (χ2n) is 9.04. The first-order valence-electron chi connectivity index (χ1n) is 11.6. The molecule has 0 radical (unpaired) electrons. The van der Waals surface area contributed by atoms with Crippen molar-refractivity contribution >= 4 is 40.1 Å². The van der Waals surface area contributed by atoms with Crippen LogP contribution in [0.2, 0.25) is 0 Å². The highest BCUT2D eigenvalue weighted by Crippen LogP contribution is 2.39. The fourth-order valence-corrected chi connectivity index (χ4v) is 7.33. The van der Waals surface area contributed by atoms with Gasteiger partial charge in [0.1, 0.15) is 5.82 Å². The summed E-state index contributed by atoms with van der Waals surface area (Å²) in [5.74, 6) is -0.0793. The largest absolute Gasteiger partial charge is 0.421 e. The fourth-order valence-electron chi connectivity index (χ4n) is 4.23. The molecule has 2 atom stereocenters. The topological polar surface area (TPSA) is 60.9 Å². The summed E-state index contributed by atoms with van der Waals surface area (Å²) < 4.78 is 82.4. The van der Waals surface area contributed by atoms with Crippen LogP contribution in [0.4, 0.5) is 23.2 Å². The second-order valence-corrected chi connectivity index (χ2v) is 12.5. The standard InChI is InChI=1S/C26H26F4N2O3S3/c1-25(33,26(28,29)30)18-10-12-19(13-11-18)32-15-14-31(38(34,35)24-9-5-3-7-22(24)36)16-20(32)17-37-23-8-4-2-6-21(23)27/h2-13,20,33,36H,14-17H2,1H3/t20-,25-/m1/s1. The van der Waals surface area contributed by atoms with Crippen LogP contribution in [0.25, 0.3) is 0 Å². The molecule has 0 unspecified atom stereocenters. The molecule has 3 aromatic rings. The maximum Gasteiger partial charge on any atom is 0.421 e. The van der Waals surface area contributed by atoms with Gasteiger partial charge < -0.3 is 10.0 Å². The summed E-state index contributed by atoms with van der Waals surface area (Å²) in [4.78, 5) is 2.71. The minimum absolute atomic E-state index is 0.0773. The quantitative estimate of drug-likeness (QED) is 0.216. The number of rotatable bonds is 7. The number of aliphatic hydroxyl groups is 1. The van der Waals surface area contributed by atoms with Gasteiger partial charge in [-0.2, -0.15) is 17.5 Å². The Hall–Kier alpha value is -2.25. The number of piperazine rings is 1. The number of anilines is 1. The molecule has 0 aromatic heterocycles. The van der Waals surface area contributed by atoms with E-state index in [9.17, 15) is 31.1 Å². The Labute approximate surface area is 228 Å². The van der Waals surface area contributed by atoms with Crippen LogP contribution in [0.1, 0.15) is 12.5 Å². The number of halogens is 4. The average molecular weight is 587 g/mol. The van der Waals surface area contributed by atoms with Crippen LogP contribution >= 0.6 is 24.4 Å². The number of thiol groups is 1. The van der Waals surface area contributed by atoms with Crippen LogP contribution in [-0.4, -0.2) is 55.4 Å². The molecule has 3 aromatic carbocycles. The minimum Gasteiger partial charge on any atom is -0.376 e. The van der Waals surface area contributed by atoms with Gasteiger partial charge in [-0.25, -0.2) is 12.8 Å². The summed E-state index contributed by atoms with van der Waals surface area (Å²) in [6, 6.07) is 17.6. The zero-order chi connectivity index (χ0) is 27.7. The van der Waals surface area contributed by atoms with Crippen molar-refractivity contribution in [3.63, 3.8) is 0 Å². The Bertz CT molecular complexity index is 1380. The average Bonchev–Trinajstić information content (AvgIpc) is 2.87. The number of benzene rings is 3. The smallest absolute Gasteiger partial charge is 0.376 e. The normalized spacial score (nSPS) is 18.8. The number of nitrogens with zero attached hydrogens (tertiary/aromatic N) is 2. The first-order chi connectivity index (χ1) is 17.8. The lowest BCUT2D eigenvalue weighted by Crippen LogP contribution is -2.56. The van der Waals surface area contributed by atoms with Crippen LogP contribution in [0.5, 0.6) is 0 Å². The van der Waals surface area contributed by atoms with Crippen LogP contribution < -0.4 is 4.90 Å². The van der Waals surface area contributed by atoms with Gasteiger partial charge >= 0.3 is 6.18 Å². The molecule has 1 heterocycles. The molecular weight excluding hydrogens is 560 g/mol. The highest BCUT2D eigenvalue weighted by molar-refractivity contribution is 7.99. The zero-order valence-corrected chi connectivity index (χ0v) is 22.8. The van der Waals surface area contributed by atoms with Gasteiger partial charge in [0.2, 0.25) is 10.0 Å². The van der Waals surface area contributed by atoms with Gasteiger partial charge in [-0.1, -0.05) is 36.4 Å². The summed E-state index contributed by atoms with van der Waals surface area (Å²) in [6.45, 7) is 1.16. The van der Waals surface area contributed by atoms with Crippen molar-refractivity contribution in [2.24, 2.45) is 0 Å². The molecule has 0 spiro atoms. The van der Waals surface area contributed by atoms with Crippen LogP contribution in [0, 0.1) is 5.82 Å². The Morgan fingerprint density at radius 3 is 2.26 bits per heavy atom. The van der Waals surface area contributed by atoms with E-state index in [2.05, 4.69) is 12.6 Å². The number of sulfonamides is 1. The molecule has 1 aliphatic heterocycles. The maximum absolute atomic E-state index is 14.3. The molecule has 1 aliphatic rings. The van der Waals surface area contributed by atoms with E-state index >= 15 is 0 Å². The lowest BCUT2D eigenvalue weighted by atomic mass is 9.95. The summed E-state index contributed by atoms with van der Waals surface area (Å²) >= 11 is 5.53. The van der Waals surface area contributed by atoms with E-state index in [0.29, 0.717) is 28.2 Å². The highest BCUT2D eigenvalue weighted by Gasteiger charge is 2.51. The SMILES string of the molecule is C[C@@](O)(c1ccc(N2CCN(S(=O)(=O)c3ccccc3S)C[C@@H]2CSc2ccccc2F)cc1)C(F)(F)F. The predicted molar refractivity (Wildman–Crippen MR) is 143 cm³/mol. The summed E-state index contributed by atoms with van der Waals surface area (Å²) in [5.41, 5.74) is -2.76. The Morgan fingerprint density at radius 2 is 1.63 bits per heavy atom. The molecule has 4 rings (SSSR count). The number of hydrogen-bond donors (Lipinski definition) is 2. The lowest BCUT2D eigenvalue weighted by molar-refractivity contribution is -0.258. The third kappa shape index (κ3) is 5.84. The maximum atomic E-state index is 14.3. The molecular formula is C26H26F4N2O3S3. The van der Waals surface area contributed by atoms with Gasteiger partial charge in [0, 0.05) is 40.9 Å². The third-order valence-corrected chi connectivity index (χ3v) is 10.2. The molecule has 0 saturated carbocycles. The van der Waals surface area contributed by atoms with Crippen LogP contribution in [0.3, 0.4) is 0 Å². The van der Waals surface area contributed by atoms with Crippen molar-refractivity contribution < 1.29 is 31.1 Å². The van der Waals surface area contributed by atoms with Gasteiger partial charge in [0.25, 0.3) is 0 Å². The van der Waals surface area contributed by atoms with Crippen molar-refractivity contribution in [3.05, 3.63) is 84.2 Å². The zero-order valence-electron chi connectivity index (χ0n) is 20.3. The van der Waals surface area contributed by atoms with E-state index in [1.54, 1.807) is 36.4 Å². The highest BCUT2D eigenvalue weighted by atomic mass is 32.2. The van der Waals surface area contributed by atoms with Crippen LogP contribution in [-0.2, 0) is 15.6 Å². The predicted octanol–water partition coefficient (Wildman–Crippen LogP) is 5.56. The lowest BCUT2D eigenvalue weighted by Gasteiger charge is -2.42. The van der Waals surface area contributed by atoms with Crippen molar-refractivity contribution in [1.82, 2.24) is 4.31 Å². The van der Waals surface area contributed by atoms with Gasteiger partial charge in [0.05, 0.1) is 10.9 Å². The fraction of sp³-hybridized carbons (Fsp3) is 0.308. The molecule has 1 fully saturated rings.